The third-order valence-electron chi connectivity index (χ3n) is 3.40. The van der Waals surface area contributed by atoms with Crippen molar-refractivity contribution in [2.75, 3.05) is 12.9 Å². The third-order valence-corrected chi connectivity index (χ3v) is 4.12. The van der Waals surface area contributed by atoms with Gasteiger partial charge in [-0.25, -0.2) is 13.1 Å². The summed E-state index contributed by atoms with van der Waals surface area (Å²) in [7, 11) is -3.28. The molecule has 0 fully saturated rings. The van der Waals surface area contributed by atoms with E-state index in [0.717, 1.165) is 17.4 Å². The molecule has 1 heterocycles. The fourth-order valence-electron chi connectivity index (χ4n) is 2.36. The highest BCUT2D eigenvalue weighted by Gasteiger charge is 2.25. The predicted molar refractivity (Wildman–Crippen MR) is 77.1 cm³/mol. The zero-order valence-corrected chi connectivity index (χ0v) is 12.8. The van der Waals surface area contributed by atoms with Gasteiger partial charge in [0.1, 0.15) is 5.75 Å². The number of nitrogens with one attached hydrogen (secondary N) is 1. The van der Waals surface area contributed by atoms with Crippen LogP contribution in [0.3, 0.4) is 0 Å². The summed E-state index contributed by atoms with van der Waals surface area (Å²) in [5.41, 5.74) is 1.57. The number of hydrogen-bond donors (Lipinski definition) is 2. The molecular formula is C14H21NO4S. The van der Waals surface area contributed by atoms with Gasteiger partial charge < -0.3 is 9.84 Å². The fraction of sp³-hybridized carbons (Fsp3) is 0.571. The summed E-state index contributed by atoms with van der Waals surface area (Å²) in [4.78, 5) is 0. The number of sulfonamides is 1. The van der Waals surface area contributed by atoms with Crippen LogP contribution in [-0.2, 0) is 10.0 Å². The number of aliphatic hydroxyl groups excluding tert-OH is 1. The van der Waals surface area contributed by atoms with Gasteiger partial charge in [0.15, 0.2) is 0 Å². The number of ether oxygens (including phenoxy) is 1. The lowest BCUT2D eigenvalue weighted by Gasteiger charge is -2.27. The van der Waals surface area contributed by atoms with E-state index in [1.54, 1.807) is 6.07 Å². The molecule has 6 heteroatoms. The Hall–Kier alpha value is -1.11. The summed E-state index contributed by atoms with van der Waals surface area (Å²) in [6, 6.07) is 5.16. The van der Waals surface area contributed by atoms with Crippen LogP contribution in [0.15, 0.2) is 18.2 Å². The van der Waals surface area contributed by atoms with E-state index >= 15 is 0 Å². The van der Waals surface area contributed by atoms with Gasteiger partial charge >= 0.3 is 0 Å². The Kier molecular flexibility index (Phi) is 4.36. The molecule has 0 aromatic heterocycles. The highest BCUT2D eigenvalue weighted by atomic mass is 32.2. The first kappa shape index (κ1) is 15.3. The van der Waals surface area contributed by atoms with Crippen LogP contribution in [0.5, 0.6) is 5.75 Å². The van der Waals surface area contributed by atoms with Gasteiger partial charge in [-0.15, -0.1) is 0 Å². The second-order valence-electron chi connectivity index (χ2n) is 5.57. The van der Waals surface area contributed by atoms with E-state index in [4.69, 9.17) is 4.74 Å². The van der Waals surface area contributed by atoms with E-state index in [0.29, 0.717) is 18.8 Å². The molecule has 1 aromatic carbocycles. The Morgan fingerprint density at radius 1 is 1.40 bits per heavy atom. The summed E-state index contributed by atoms with van der Waals surface area (Å²) >= 11 is 0. The molecule has 0 radical (unpaired) electrons. The first-order chi connectivity index (χ1) is 9.28. The molecule has 2 rings (SSSR count). The van der Waals surface area contributed by atoms with Gasteiger partial charge in [-0.3, -0.25) is 0 Å². The molecule has 2 atom stereocenters. The molecule has 0 aliphatic carbocycles. The van der Waals surface area contributed by atoms with E-state index in [1.807, 2.05) is 26.0 Å². The standard InChI is InChI=1S/C14H21NO4S/c1-9(2)14(16)10-4-5-13-11(8-10)12(6-7-19-13)15-20(3,17)18/h4-5,8-9,12,14-16H,6-7H2,1-3H3. The Labute approximate surface area is 120 Å². The molecule has 1 aliphatic heterocycles. The Morgan fingerprint density at radius 3 is 2.70 bits per heavy atom. The lowest BCUT2D eigenvalue weighted by Crippen LogP contribution is -2.31. The number of aliphatic hydroxyl groups is 1. The van der Waals surface area contributed by atoms with Crippen molar-refractivity contribution in [2.45, 2.75) is 32.4 Å². The summed E-state index contributed by atoms with van der Waals surface area (Å²) < 4.78 is 31.0. The molecule has 0 saturated carbocycles. The number of hydrogen-bond acceptors (Lipinski definition) is 4. The molecule has 1 aromatic rings. The molecule has 0 amide bonds. The molecule has 0 bridgehead atoms. The lowest BCUT2D eigenvalue weighted by molar-refractivity contribution is 0.126. The number of benzene rings is 1. The second-order valence-corrected chi connectivity index (χ2v) is 7.35. The number of rotatable bonds is 4. The quantitative estimate of drug-likeness (QED) is 0.888. The average molecular weight is 299 g/mol. The summed E-state index contributed by atoms with van der Waals surface area (Å²) in [5, 5.41) is 10.1. The summed E-state index contributed by atoms with van der Waals surface area (Å²) in [6.07, 6.45) is 1.16. The Morgan fingerprint density at radius 2 is 2.10 bits per heavy atom. The zero-order valence-electron chi connectivity index (χ0n) is 12.0. The van der Waals surface area contributed by atoms with E-state index in [-0.39, 0.29) is 12.0 Å². The van der Waals surface area contributed by atoms with Gasteiger partial charge in [0.25, 0.3) is 0 Å². The van der Waals surface area contributed by atoms with Crippen molar-refractivity contribution in [3.63, 3.8) is 0 Å². The van der Waals surface area contributed by atoms with Crippen LogP contribution in [-0.4, -0.2) is 26.4 Å². The van der Waals surface area contributed by atoms with Crippen LogP contribution >= 0.6 is 0 Å². The van der Waals surface area contributed by atoms with Crippen molar-refractivity contribution < 1.29 is 18.3 Å². The number of fused-ring (bicyclic) bond motifs is 1. The minimum Gasteiger partial charge on any atom is -0.493 e. The smallest absolute Gasteiger partial charge is 0.209 e. The maximum atomic E-state index is 11.4. The summed E-state index contributed by atoms with van der Waals surface area (Å²) in [5.74, 6) is 0.774. The van der Waals surface area contributed by atoms with Crippen molar-refractivity contribution in [3.8, 4) is 5.75 Å². The Balaban J connectivity index is 2.36. The van der Waals surface area contributed by atoms with Crippen molar-refractivity contribution in [1.82, 2.24) is 4.72 Å². The molecular weight excluding hydrogens is 278 g/mol. The highest BCUT2D eigenvalue weighted by molar-refractivity contribution is 7.88. The first-order valence-corrected chi connectivity index (χ1v) is 8.59. The Bertz CT molecular complexity index is 583. The SMILES string of the molecule is CC(C)C(O)c1ccc2c(c1)C(NS(C)(=O)=O)CCO2. The van der Waals surface area contributed by atoms with E-state index in [1.165, 1.54) is 0 Å². The molecule has 0 spiro atoms. The maximum absolute atomic E-state index is 11.4. The van der Waals surface area contributed by atoms with Crippen molar-refractivity contribution in [3.05, 3.63) is 29.3 Å². The van der Waals surface area contributed by atoms with Gasteiger partial charge in [-0.2, -0.15) is 0 Å². The van der Waals surface area contributed by atoms with Crippen LogP contribution in [0, 0.1) is 5.92 Å². The van der Waals surface area contributed by atoms with Crippen LogP contribution < -0.4 is 9.46 Å². The normalized spacial score (nSPS) is 20.4. The first-order valence-electron chi connectivity index (χ1n) is 6.70. The van der Waals surface area contributed by atoms with Crippen molar-refractivity contribution in [1.29, 1.82) is 0 Å². The van der Waals surface area contributed by atoms with Gasteiger partial charge in [0.2, 0.25) is 10.0 Å². The zero-order chi connectivity index (χ0) is 14.9. The van der Waals surface area contributed by atoms with Crippen LogP contribution in [0.25, 0.3) is 0 Å². The third kappa shape index (κ3) is 3.50. The molecule has 0 saturated heterocycles. The maximum Gasteiger partial charge on any atom is 0.209 e. The topological polar surface area (TPSA) is 75.6 Å². The van der Waals surface area contributed by atoms with Gasteiger partial charge in [-0.1, -0.05) is 19.9 Å². The van der Waals surface area contributed by atoms with Crippen molar-refractivity contribution >= 4 is 10.0 Å². The molecule has 5 nitrogen and oxygen atoms in total. The largest absolute Gasteiger partial charge is 0.493 e. The lowest BCUT2D eigenvalue weighted by atomic mass is 9.93. The second kappa shape index (κ2) is 5.71. The van der Waals surface area contributed by atoms with Gasteiger partial charge in [0, 0.05) is 12.0 Å². The highest BCUT2D eigenvalue weighted by Crippen LogP contribution is 2.35. The van der Waals surface area contributed by atoms with Gasteiger partial charge in [-0.05, 0) is 23.6 Å². The van der Waals surface area contributed by atoms with E-state index in [2.05, 4.69) is 4.72 Å². The van der Waals surface area contributed by atoms with Gasteiger partial charge in [0.05, 0.1) is 25.0 Å². The van der Waals surface area contributed by atoms with E-state index < -0.39 is 16.1 Å². The average Bonchev–Trinajstić information content (AvgIpc) is 2.36. The minimum atomic E-state index is -3.28. The molecule has 2 N–H and O–H groups in total. The molecule has 1 aliphatic rings. The van der Waals surface area contributed by atoms with Crippen LogP contribution in [0.1, 0.15) is 43.5 Å². The monoisotopic (exact) mass is 299 g/mol. The minimum absolute atomic E-state index is 0.0962. The fourth-order valence-corrected chi connectivity index (χ4v) is 3.12. The van der Waals surface area contributed by atoms with Crippen LogP contribution in [0.4, 0.5) is 0 Å². The van der Waals surface area contributed by atoms with Crippen LogP contribution in [0.2, 0.25) is 0 Å². The van der Waals surface area contributed by atoms with E-state index in [9.17, 15) is 13.5 Å². The predicted octanol–water partition coefficient (Wildman–Crippen LogP) is 1.75. The molecule has 112 valence electrons. The summed E-state index contributed by atoms with van der Waals surface area (Å²) in [6.45, 7) is 4.35. The molecule has 2 unspecified atom stereocenters. The molecule has 20 heavy (non-hydrogen) atoms. The van der Waals surface area contributed by atoms with Crippen molar-refractivity contribution in [2.24, 2.45) is 5.92 Å².